The molecule has 0 aromatic rings. The lowest BCUT2D eigenvalue weighted by molar-refractivity contribution is 0.176. The van der Waals surface area contributed by atoms with Gasteiger partial charge in [0.1, 0.15) is 6.10 Å². The molecule has 1 N–H and O–H groups in total. The van der Waals surface area contributed by atoms with Gasteiger partial charge in [0.2, 0.25) is 0 Å². The molecule has 2 nitrogen and oxygen atoms in total. The van der Waals surface area contributed by atoms with E-state index in [1.54, 1.807) is 0 Å². The van der Waals surface area contributed by atoms with Gasteiger partial charge in [0.15, 0.2) is 8.32 Å². The van der Waals surface area contributed by atoms with Gasteiger partial charge in [-0.3, -0.25) is 0 Å². The van der Waals surface area contributed by atoms with Crippen molar-refractivity contribution in [1.29, 1.82) is 0 Å². The molecule has 3 heteroatoms. The van der Waals surface area contributed by atoms with Gasteiger partial charge in [0.25, 0.3) is 0 Å². The highest BCUT2D eigenvalue weighted by Crippen LogP contribution is 2.42. The Labute approximate surface area is 108 Å². The predicted molar refractivity (Wildman–Crippen MR) is 76.5 cm³/mol. The van der Waals surface area contributed by atoms with Crippen molar-refractivity contribution in [2.75, 3.05) is 6.61 Å². The molecule has 1 atom stereocenters. The molecule has 1 unspecified atom stereocenters. The summed E-state index contributed by atoms with van der Waals surface area (Å²) >= 11 is 0. The van der Waals surface area contributed by atoms with Crippen molar-refractivity contribution in [2.45, 2.75) is 70.7 Å². The summed E-state index contributed by atoms with van der Waals surface area (Å²) in [4.78, 5) is 0. The third-order valence-corrected chi connectivity index (χ3v) is 9.76. The molecule has 17 heavy (non-hydrogen) atoms. The predicted octanol–water partition coefficient (Wildman–Crippen LogP) is 3.56. The van der Waals surface area contributed by atoms with E-state index in [1.165, 1.54) is 0 Å². The van der Waals surface area contributed by atoms with Crippen molar-refractivity contribution in [3.8, 4) is 12.3 Å². The lowest BCUT2D eigenvalue weighted by atomic mass is 10.3. The highest BCUT2D eigenvalue weighted by molar-refractivity contribution is 6.77. The molecule has 0 aromatic carbocycles. The quantitative estimate of drug-likeness (QED) is 0.557. The van der Waals surface area contributed by atoms with Gasteiger partial charge >= 0.3 is 0 Å². The van der Waals surface area contributed by atoms with Crippen molar-refractivity contribution in [3.05, 3.63) is 0 Å². The summed E-state index contributed by atoms with van der Waals surface area (Å²) in [7, 11) is -1.79. The largest absolute Gasteiger partial charge is 0.416 e. The SMILES string of the molecule is C#CC(O)CCO[Si](C(C)C)(C(C)C)C(C)C. The molecule has 0 amide bonds. The van der Waals surface area contributed by atoms with E-state index in [2.05, 4.69) is 47.5 Å². The Hall–Kier alpha value is -0.303. The number of aliphatic hydroxyl groups is 1. The second-order valence-electron chi connectivity index (χ2n) is 5.64. The maximum atomic E-state index is 9.37. The van der Waals surface area contributed by atoms with Crippen LogP contribution in [0.2, 0.25) is 16.6 Å². The lowest BCUT2D eigenvalue weighted by Gasteiger charge is -2.42. The fourth-order valence-electron chi connectivity index (χ4n) is 2.93. The summed E-state index contributed by atoms with van der Waals surface area (Å²) in [6.45, 7) is 14.1. The van der Waals surface area contributed by atoms with E-state index < -0.39 is 14.4 Å². The smallest absolute Gasteiger partial charge is 0.200 e. The van der Waals surface area contributed by atoms with Crippen LogP contribution in [0.4, 0.5) is 0 Å². The standard InChI is InChI=1S/C14H28O2Si/c1-8-14(15)9-10-16-17(11(2)3,12(4)5)13(6)7/h1,11-15H,9-10H2,2-7H3. The van der Waals surface area contributed by atoms with Crippen LogP contribution in [0.5, 0.6) is 0 Å². The van der Waals surface area contributed by atoms with Crippen LogP contribution in [0, 0.1) is 12.3 Å². The zero-order valence-electron chi connectivity index (χ0n) is 12.2. The number of aliphatic hydroxyl groups excluding tert-OH is 1. The van der Waals surface area contributed by atoms with Gasteiger partial charge in [-0.05, 0) is 16.6 Å². The monoisotopic (exact) mass is 256 g/mol. The van der Waals surface area contributed by atoms with Gasteiger partial charge in [-0.1, -0.05) is 47.5 Å². The van der Waals surface area contributed by atoms with E-state index in [0.717, 1.165) is 0 Å². The second kappa shape index (κ2) is 7.20. The van der Waals surface area contributed by atoms with Crippen molar-refractivity contribution in [2.24, 2.45) is 0 Å². The number of rotatable bonds is 7. The summed E-state index contributed by atoms with van der Waals surface area (Å²) in [6.07, 6.45) is 5.02. The van der Waals surface area contributed by atoms with E-state index in [1.807, 2.05) is 0 Å². The third-order valence-electron chi connectivity index (χ3n) is 3.64. The minimum absolute atomic E-state index is 0.539. The molecule has 0 radical (unpaired) electrons. The van der Waals surface area contributed by atoms with Crippen LogP contribution < -0.4 is 0 Å². The molecule has 0 saturated heterocycles. The van der Waals surface area contributed by atoms with Gasteiger partial charge in [0.05, 0.1) is 0 Å². The first kappa shape index (κ1) is 16.7. The lowest BCUT2D eigenvalue weighted by Crippen LogP contribution is -2.48. The van der Waals surface area contributed by atoms with Crippen molar-refractivity contribution in [1.82, 2.24) is 0 Å². The average molecular weight is 256 g/mol. The van der Waals surface area contributed by atoms with Crippen molar-refractivity contribution >= 4 is 8.32 Å². The minimum atomic E-state index is -1.79. The van der Waals surface area contributed by atoms with Gasteiger partial charge in [0, 0.05) is 13.0 Å². The van der Waals surface area contributed by atoms with Crippen LogP contribution in [-0.2, 0) is 4.43 Å². The highest BCUT2D eigenvalue weighted by Gasteiger charge is 2.44. The summed E-state index contributed by atoms with van der Waals surface area (Å²) in [5.74, 6) is 2.33. The summed E-state index contributed by atoms with van der Waals surface area (Å²) in [6, 6.07) is 0. The van der Waals surface area contributed by atoms with Crippen LogP contribution in [0.25, 0.3) is 0 Å². The molecule has 0 aliphatic carbocycles. The maximum absolute atomic E-state index is 9.37. The van der Waals surface area contributed by atoms with Crippen LogP contribution in [0.15, 0.2) is 0 Å². The molecular weight excluding hydrogens is 228 g/mol. The van der Waals surface area contributed by atoms with E-state index in [-0.39, 0.29) is 0 Å². The Balaban J connectivity index is 4.66. The van der Waals surface area contributed by atoms with E-state index >= 15 is 0 Å². The molecule has 0 rings (SSSR count). The van der Waals surface area contributed by atoms with E-state index in [4.69, 9.17) is 10.8 Å². The second-order valence-corrected chi connectivity index (χ2v) is 11.1. The topological polar surface area (TPSA) is 29.5 Å². The first-order chi connectivity index (χ1) is 7.78. The molecule has 100 valence electrons. The minimum Gasteiger partial charge on any atom is -0.416 e. The molecule has 0 aromatic heterocycles. The Kier molecular flexibility index (Phi) is 7.07. The van der Waals surface area contributed by atoms with Gasteiger partial charge in [-0.25, -0.2) is 0 Å². The fourth-order valence-corrected chi connectivity index (χ4v) is 8.40. The Morgan fingerprint density at radius 2 is 1.47 bits per heavy atom. The average Bonchev–Trinajstić information content (AvgIpc) is 2.22. The highest BCUT2D eigenvalue weighted by atomic mass is 28.4. The van der Waals surface area contributed by atoms with Crippen molar-refractivity contribution < 1.29 is 9.53 Å². The first-order valence-corrected chi connectivity index (χ1v) is 8.71. The molecule has 0 aliphatic heterocycles. The Bertz CT molecular complexity index is 232. The molecule has 0 saturated carbocycles. The Morgan fingerprint density at radius 1 is 1.06 bits per heavy atom. The fraction of sp³-hybridized carbons (Fsp3) is 0.857. The molecule has 0 aliphatic rings. The molecule has 0 fully saturated rings. The Morgan fingerprint density at radius 3 is 1.76 bits per heavy atom. The van der Waals surface area contributed by atoms with Gasteiger partial charge in [-0.15, -0.1) is 6.42 Å². The normalized spacial score (nSPS) is 14.4. The third kappa shape index (κ3) is 4.13. The van der Waals surface area contributed by atoms with E-state index in [9.17, 15) is 5.11 Å². The van der Waals surface area contributed by atoms with Crippen LogP contribution >= 0.6 is 0 Å². The molecule has 0 bridgehead atoms. The van der Waals surface area contributed by atoms with Gasteiger partial charge < -0.3 is 9.53 Å². The number of terminal acetylenes is 1. The number of hydrogen-bond acceptors (Lipinski definition) is 2. The molecule has 0 spiro atoms. The molecular formula is C14H28O2Si. The van der Waals surface area contributed by atoms with Crippen LogP contribution in [0.3, 0.4) is 0 Å². The summed E-state index contributed by atoms with van der Waals surface area (Å²) < 4.78 is 6.27. The van der Waals surface area contributed by atoms with Crippen LogP contribution in [-0.4, -0.2) is 26.1 Å². The zero-order valence-corrected chi connectivity index (χ0v) is 13.2. The summed E-state index contributed by atoms with van der Waals surface area (Å²) in [5.41, 5.74) is 1.72. The van der Waals surface area contributed by atoms with Crippen molar-refractivity contribution in [3.63, 3.8) is 0 Å². The van der Waals surface area contributed by atoms with Crippen LogP contribution in [0.1, 0.15) is 48.0 Å². The first-order valence-electron chi connectivity index (χ1n) is 6.57. The zero-order chi connectivity index (χ0) is 13.6. The number of hydrogen-bond donors (Lipinski definition) is 1. The summed E-state index contributed by atoms with van der Waals surface area (Å²) in [5, 5.41) is 9.37. The molecule has 0 heterocycles. The maximum Gasteiger partial charge on any atom is 0.200 e. The van der Waals surface area contributed by atoms with Gasteiger partial charge in [-0.2, -0.15) is 0 Å². The van der Waals surface area contributed by atoms with E-state index in [0.29, 0.717) is 29.7 Å².